The Morgan fingerprint density at radius 2 is 2.03 bits per heavy atom. The fourth-order valence-electron chi connectivity index (χ4n) is 4.37. The number of ether oxygens (including phenoxy) is 1. The second kappa shape index (κ2) is 7.26. The highest BCUT2D eigenvalue weighted by molar-refractivity contribution is 6.02. The van der Waals surface area contributed by atoms with E-state index in [1.807, 2.05) is 30.5 Å². The van der Waals surface area contributed by atoms with E-state index in [1.54, 1.807) is 18.2 Å². The van der Waals surface area contributed by atoms with Gasteiger partial charge < -0.3 is 19.9 Å². The van der Waals surface area contributed by atoms with Crippen LogP contribution in [0.3, 0.4) is 0 Å². The molecule has 3 aliphatic rings. The lowest BCUT2D eigenvalue weighted by molar-refractivity contribution is -0.123. The molecule has 0 bridgehead atoms. The lowest BCUT2D eigenvalue weighted by Gasteiger charge is -2.39. The SMILES string of the molecule is COC1CN(c2ccc(Nc3cc(N4CC[C@@](C#N)(C5CC5)C4=O)ccn3)nc2)C1. The maximum Gasteiger partial charge on any atom is 0.247 e. The van der Waals surface area contributed by atoms with Gasteiger partial charge in [-0.25, -0.2) is 9.97 Å². The molecule has 8 heteroatoms. The van der Waals surface area contributed by atoms with E-state index in [1.165, 1.54) is 0 Å². The van der Waals surface area contributed by atoms with Crippen molar-refractivity contribution in [2.24, 2.45) is 11.3 Å². The Kier molecular flexibility index (Phi) is 4.55. The van der Waals surface area contributed by atoms with Crippen LogP contribution in [-0.2, 0) is 9.53 Å². The monoisotopic (exact) mass is 404 g/mol. The predicted octanol–water partition coefficient (Wildman–Crippen LogP) is 2.71. The Balaban J connectivity index is 1.28. The third kappa shape index (κ3) is 3.15. The molecule has 4 heterocycles. The lowest BCUT2D eigenvalue weighted by Crippen LogP contribution is -2.51. The molecule has 1 N–H and O–H groups in total. The summed E-state index contributed by atoms with van der Waals surface area (Å²) in [6.45, 7) is 2.32. The molecule has 1 aliphatic carbocycles. The molecule has 1 amide bonds. The summed E-state index contributed by atoms with van der Waals surface area (Å²) in [4.78, 5) is 25.8. The zero-order chi connectivity index (χ0) is 20.7. The molecule has 2 aliphatic heterocycles. The molecule has 2 aromatic heterocycles. The summed E-state index contributed by atoms with van der Waals surface area (Å²) in [5.41, 5.74) is 0.983. The number of carbonyl (C=O) groups excluding carboxylic acids is 1. The Bertz CT molecular complexity index is 993. The first-order valence-electron chi connectivity index (χ1n) is 10.3. The molecule has 5 rings (SSSR count). The number of hydrogen-bond acceptors (Lipinski definition) is 7. The smallest absolute Gasteiger partial charge is 0.247 e. The quantitative estimate of drug-likeness (QED) is 0.791. The maximum absolute atomic E-state index is 13.0. The summed E-state index contributed by atoms with van der Waals surface area (Å²) < 4.78 is 5.31. The van der Waals surface area contributed by atoms with E-state index < -0.39 is 5.41 Å². The van der Waals surface area contributed by atoms with E-state index in [9.17, 15) is 10.1 Å². The van der Waals surface area contributed by atoms with Crippen molar-refractivity contribution in [2.75, 3.05) is 41.9 Å². The number of methoxy groups -OCH3 is 1. The van der Waals surface area contributed by atoms with E-state index in [0.717, 1.165) is 37.3 Å². The van der Waals surface area contributed by atoms with Crippen molar-refractivity contribution in [3.05, 3.63) is 36.7 Å². The van der Waals surface area contributed by atoms with Crippen LogP contribution in [-0.4, -0.2) is 48.7 Å². The number of pyridine rings is 2. The highest BCUT2D eigenvalue weighted by atomic mass is 16.5. The summed E-state index contributed by atoms with van der Waals surface area (Å²) in [5.74, 6) is 1.44. The van der Waals surface area contributed by atoms with E-state index in [4.69, 9.17) is 4.74 Å². The Morgan fingerprint density at radius 3 is 2.70 bits per heavy atom. The van der Waals surface area contributed by atoms with Gasteiger partial charge in [0.25, 0.3) is 0 Å². The van der Waals surface area contributed by atoms with Crippen molar-refractivity contribution >= 4 is 28.9 Å². The van der Waals surface area contributed by atoms with E-state index in [0.29, 0.717) is 30.7 Å². The van der Waals surface area contributed by atoms with Crippen LogP contribution < -0.4 is 15.1 Å². The van der Waals surface area contributed by atoms with Crippen molar-refractivity contribution in [3.8, 4) is 6.07 Å². The molecule has 0 aromatic carbocycles. The van der Waals surface area contributed by atoms with Crippen molar-refractivity contribution in [3.63, 3.8) is 0 Å². The minimum Gasteiger partial charge on any atom is -0.378 e. The molecule has 2 saturated heterocycles. The highest BCUT2D eigenvalue weighted by Gasteiger charge is 2.56. The molecule has 2 aromatic rings. The summed E-state index contributed by atoms with van der Waals surface area (Å²) in [7, 11) is 1.73. The number of carbonyl (C=O) groups is 1. The number of amides is 1. The molecule has 8 nitrogen and oxygen atoms in total. The summed E-state index contributed by atoms with van der Waals surface area (Å²) in [6.07, 6.45) is 6.35. The summed E-state index contributed by atoms with van der Waals surface area (Å²) in [5, 5.41) is 12.9. The zero-order valence-corrected chi connectivity index (χ0v) is 16.9. The van der Waals surface area contributed by atoms with Crippen LogP contribution in [0.25, 0.3) is 0 Å². The van der Waals surface area contributed by atoms with Crippen molar-refractivity contribution < 1.29 is 9.53 Å². The predicted molar refractivity (Wildman–Crippen MR) is 113 cm³/mol. The average Bonchev–Trinajstić information content (AvgIpc) is 3.53. The fraction of sp³-hybridized carbons (Fsp3) is 0.455. The third-order valence-corrected chi connectivity index (χ3v) is 6.44. The molecular formula is C22H24N6O2. The number of nitrogens with one attached hydrogen (secondary N) is 1. The standard InChI is InChI=1S/C22H24N6O2/c1-30-18-12-27(13-18)17-4-5-19(25-11-17)26-20-10-16(6-8-24-20)28-9-7-22(14-23,21(28)29)15-2-3-15/h4-6,8,10-11,15,18H,2-3,7,9,12-13H2,1H3,(H,24,25,26)/t22-/m1/s1. The number of aromatic nitrogens is 2. The first kappa shape index (κ1) is 18.8. The summed E-state index contributed by atoms with van der Waals surface area (Å²) in [6, 6.07) is 9.92. The van der Waals surface area contributed by atoms with E-state index >= 15 is 0 Å². The Labute approximate surface area is 175 Å². The largest absolute Gasteiger partial charge is 0.378 e. The van der Waals surface area contributed by atoms with Crippen LogP contribution in [0.2, 0.25) is 0 Å². The van der Waals surface area contributed by atoms with Gasteiger partial charge in [0.2, 0.25) is 5.91 Å². The summed E-state index contributed by atoms with van der Waals surface area (Å²) >= 11 is 0. The maximum atomic E-state index is 13.0. The number of nitriles is 1. The molecule has 0 spiro atoms. The minimum absolute atomic E-state index is 0.0731. The van der Waals surface area contributed by atoms with Gasteiger partial charge in [-0.05, 0) is 43.4 Å². The van der Waals surface area contributed by atoms with E-state index in [-0.39, 0.29) is 11.8 Å². The van der Waals surface area contributed by atoms with Gasteiger partial charge in [-0.15, -0.1) is 0 Å². The van der Waals surface area contributed by atoms with Crippen molar-refractivity contribution in [1.82, 2.24) is 9.97 Å². The molecule has 3 fully saturated rings. The molecule has 0 radical (unpaired) electrons. The van der Waals surface area contributed by atoms with Crippen LogP contribution in [0.1, 0.15) is 19.3 Å². The van der Waals surface area contributed by atoms with Gasteiger partial charge in [-0.1, -0.05) is 0 Å². The normalized spacial score (nSPS) is 23.9. The van der Waals surface area contributed by atoms with E-state index in [2.05, 4.69) is 26.3 Å². The first-order valence-corrected chi connectivity index (χ1v) is 10.3. The Morgan fingerprint density at radius 1 is 1.20 bits per heavy atom. The first-order chi connectivity index (χ1) is 14.6. The van der Waals surface area contributed by atoms with Gasteiger partial charge >= 0.3 is 0 Å². The second-order valence-corrected chi connectivity index (χ2v) is 8.25. The molecule has 30 heavy (non-hydrogen) atoms. The van der Waals surface area contributed by atoms with Gasteiger partial charge in [0, 0.05) is 44.7 Å². The number of rotatable bonds is 6. The van der Waals surface area contributed by atoms with Gasteiger partial charge in [0.05, 0.1) is 24.1 Å². The molecule has 0 unspecified atom stereocenters. The lowest BCUT2D eigenvalue weighted by atomic mass is 9.83. The van der Waals surface area contributed by atoms with Gasteiger partial charge in [-0.2, -0.15) is 5.26 Å². The number of hydrogen-bond donors (Lipinski definition) is 1. The molecular weight excluding hydrogens is 380 g/mol. The van der Waals surface area contributed by atoms with Crippen LogP contribution in [0.15, 0.2) is 36.7 Å². The topological polar surface area (TPSA) is 94.4 Å². The highest BCUT2D eigenvalue weighted by Crippen LogP contribution is 2.51. The van der Waals surface area contributed by atoms with Crippen LogP contribution >= 0.6 is 0 Å². The molecule has 1 saturated carbocycles. The van der Waals surface area contributed by atoms with Gasteiger partial charge in [-0.3, -0.25) is 4.79 Å². The minimum atomic E-state index is -0.840. The van der Waals surface area contributed by atoms with Crippen LogP contribution in [0.5, 0.6) is 0 Å². The molecule has 1 atom stereocenters. The second-order valence-electron chi connectivity index (χ2n) is 8.25. The van der Waals surface area contributed by atoms with Crippen LogP contribution in [0, 0.1) is 22.7 Å². The third-order valence-electron chi connectivity index (χ3n) is 6.44. The fourth-order valence-corrected chi connectivity index (χ4v) is 4.37. The van der Waals surface area contributed by atoms with Crippen LogP contribution in [0.4, 0.5) is 23.0 Å². The van der Waals surface area contributed by atoms with Gasteiger partial charge in [0.1, 0.15) is 17.1 Å². The Hall–Kier alpha value is -3.18. The zero-order valence-electron chi connectivity index (χ0n) is 16.9. The molecule has 154 valence electrons. The average molecular weight is 404 g/mol. The van der Waals surface area contributed by atoms with Gasteiger partial charge in [0.15, 0.2) is 0 Å². The van der Waals surface area contributed by atoms with Crippen molar-refractivity contribution in [2.45, 2.75) is 25.4 Å². The number of nitrogens with zero attached hydrogens (tertiary/aromatic N) is 5. The number of anilines is 4. The van der Waals surface area contributed by atoms with Crippen molar-refractivity contribution in [1.29, 1.82) is 5.26 Å².